The third-order valence-corrected chi connectivity index (χ3v) is 3.21. The second kappa shape index (κ2) is 5.02. The van der Waals surface area contributed by atoms with Gasteiger partial charge in [0.05, 0.1) is 17.4 Å². The number of hydrogen-bond acceptors (Lipinski definition) is 2. The fourth-order valence-electron chi connectivity index (χ4n) is 2.16. The Morgan fingerprint density at radius 1 is 1.05 bits per heavy atom. The second-order valence-electron chi connectivity index (χ2n) is 4.67. The Labute approximate surface area is 117 Å². The Balaban J connectivity index is 2.07. The van der Waals surface area contributed by atoms with Crippen LogP contribution in [0, 0.1) is 18.3 Å². The van der Waals surface area contributed by atoms with Gasteiger partial charge in [-0.2, -0.15) is 10.4 Å². The maximum absolute atomic E-state index is 9.20. The van der Waals surface area contributed by atoms with E-state index in [9.17, 15) is 5.26 Å². The highest BCUT2D eigenvalue weighted by Gasteiger charge is 2.07. The highest BCUT2D eigenvalue weighted by atomic mass is 15.3. The zero-order valence-electron chi connectivity index (χ0n) is 11.1. The van der Waals surface area contributed by atoms with E-state index < -0.39 is 0 Å². The average molecular weight is 259 g/mol. The van der Waals surface area contributed by atoms with Crippen LogP contribution in [0.3, 0.4) is 0 Å². The van der Waals surface area contributed by atoms with Crippen molar-refractivity contribution in [2.75, 3.05) is 0 Å². The van der Waals surface area contributed by atoms with Crippen molar-refractivity contribution in [3.05, 3.63) is 72.1 Å². The number of nitriles is 1. The highest BCUT2D eigenvalue weighted by molar-refractivity contribution is 5.62. The minimum Gasteiger partial charge on any atom is -0.239 e. The summed E-state index contributed by atoms with van der Waals surface area (Å²) < 4.78 is 1.76. The Bertz CT molecular complexity index is 779. The van der Waals surface area contributed by atoms with Gasteiger partial charge in [0.2, 0.25) is 0 Å². The van der Waals surface area contributed by atoms with E-state index in [1.165, 1.54) is 0 Å². The number of aromatic nitrogens is 2. The van der Waals surface area contributed by atoms with Gasteiger partial charge in [-0.3, -0.25) is 0 Å². The van der Waals surface area contributed by atoms with Crippen molar-refractivity contribution in [3.63, 3.8) is 0 Å². The predicted octanol–water partition coefficient (Wildman–Crippen LogP) is 3.72. The third kappa shape index (κ3) is 2.19. The van der Waals surface area contributed by atoms with Crippen LogP contribution in [0.25, 0.3) is 16.8 Å². The van der Waals surface area contributed by atoms with Gasteiger partial charge in [-0.25, -0.2) is 4.68 Å². The zero-order chi connectivity index (χ0) is 13.9. The van der Waals surface area contributed by atoms with Crippen molar-refractivity contribution in [1.29, 1.82) is 5.26 Å². The van der Waals surface area contributed by atoms with Crippen molar-refractivity contribution in [3.8, 4) is 22.9 Å². The molecule has 1 aromatic heterocycles. The van der Waals surface area contributed by atoms with Crippen LogP contribution in [0.2, 0.25) is 0 Å². The lowest BCUT2D eigenvalue weighted by molar-refractivity contribution is 0.876. The summed E-state index contributed by atoms with van der Waals surface area (Å²) in [5, 5.41) is 13.6. The third-order valence-electron chi connectivity index (χ3n) is 3.21. The number of benzene rings is 2. The number of nitrogens with zero attached hydrogens (tertiary/aromatic N) is 3. The molecule has 1 heterocycles. The zero-order valence-corrected chi connectivity index (χ0v) is 11.1. The Hall–Kier alpha value is -2.86. The van der Waals surface area contributed by atoms with E-state index in [1.54, 1.807) is 4.68 Å². The molecule has 0 saturated carbocycles. The van der Waals surface area contributed by atoms with E-state index in [0.29, 0.717) is 5.56 Å². The maximum Gasteiger partial charge on any atom is 0.101 e. The number of rotatable bonds is 2. The topological polar surface area (TPSA) is 41.6 Å². The SMILES string of the molecule is Cc1ccc(C#N)c(-n2cc(-c3ccccc3)cn2)c1. The van der Waals surface area contributed by atoms with Gasteiger partial charge in [0.25, 0.3) is 0 Å². The Kier molecular flexibility index (Phi) is 3.06. The Morgan fingerprint density at radius 2 is 1.85 bits per heavy atom. The summed E-state index contributed by atoms with van der Waals surface area (Å²) in [6.45, 7) is 2.01. The predicted molar refractivity (Wildman–Crippen MR) is 78.5 cm³/mol. The lowest BCUT2D eigenvalue weighted by Crippen LogP contribution is -1.98. The average Bonchev–Trinajstić information content (AvgIpc) is 2.98. The molecule has 0 amide bonds. The molecule has 0 saturated heterocycles. The van der Waals surface area contributed by atoms with Crippen molar-refractivity contribution in [2.24, 2.45) is 0 Å². The molecular formula is C17H13N3. The van der Waals surface area contributed by atoms with Crippen molar-refractivity contribution in [1.82, 2.24) is 9.78 Å². The van der Waals surface area contributed by atoms with Crippen LogP contribution in [0.5, 0.6) is 0 Å². The molecule has 0 aliphatic rings. The van der Waals surface area contributed by atoms with Crippen LogP contribution < -0.4 is 0 Å². The van der Waals surface area contributed by atoms with Gasteiger partial charge in [0, 0.05) is 11.8 Å². The summed E-state index contributed by atoms with van der Waals surface area (Å²) in [5.41, 5.74) is 4.70. The van der Waals surface area contributed by atoms with Gasteiger partial charge < -0.3 is 0 Å². The van der Waals surface area contributed by atoms with Crippen LogP contribution in [0.15, 0.2) is 60.9 Å². The van der Waals surface area contributed by atoms with Crippen molar-refractivity contribution < 1.29 is 0 Å². The summed E-state index contributed by atoms with van der Waals surface area (Å²) in [6.07, 6.45) is 3.77. The molecule has 0 aliphatic heterocycles. The van der Waals surface area contributed by atoms with E-state index >= 15 is 0 Å². The number of aryl methyl sites for hydroxylation is 1. The molecular weight excluding hydrogens is 246 g/mol. The first-order valence-corrected chi connectivity index (χ1v) is 6.39. The summed E-state index contributed by atoms with van der Waals surface area (Å²) in [6, 6.07) is 18.0. The first kappa shape index (κ1) is 12.2. The molecule has 3 heteroatoms. The smallest absolute Gasteiger partial charge is 0.101 e. The summed E-state index contributed by atoms with van der Waals surface area (Å²) in [7, 11) is 0. The molecule has 0 N–H and O–H groups in total. The largest absolute Gasteiger partial charge is 0.239 e. The minimum absolute atomic E-state index is 0.623. The van der Waals surface area contributed by atoms with Crippen LogP contribution in [0.4, 0.5) is 0 Å². The van der Waals surface area contributed by atoms with Crippen LogP contribution >= 0.6 is 0 Å². The minimum atomic E-state index is 0.623. The fraction of sp³-hybridized carbons (Fsp3) is 0.0588. The first-order valence-electron chi connectivity index (χ1n) is 6.39. The van der Waals surface area contributed by atoms with E-state index in [0.717, 1.165) is 22.4 Å². The molecule has 0 atom stereocenters. The van der Waals surface area contributed by atoms with Gasteiger partial charge >= 0.3 is 0 Å². The quantitative estimate of drug-likeness (QED) is 0.703. The van der Waals surface area contributed by atoms with E-state index in [4.69, 9.17) is 0 Å². The van der Waals surface area contributed by atoms with Crippen molar-refractivity contribution in [2.45, 2.75) is 6.92 Å². The molecule has 20 heavy (non-hydrogen) atoms. The van der Waals surface area contributed by atoms with Gasteiger partial charge in [-0.15, -0.1) is 0 Å². The van der Waals surface area contributed by atoms with Crippen LogP contribution in [-0.2, 0) is 0 Å². The normalized spacial score (nSPS) is 10.2. The second-order valence-corrected chi connectivity index (χ2v) is 4.67. The monoisotopic (exact) mass is 259 g/mol. The lowest BCUT2D eigenvalue weighted by Gasteiger charge is -2.05. The summed E-state index contributed by atoms with van der Waals surface area (Å²) in [4.78, 5) is 0. The van der Waals surface area contributed by atoms with Gasteiger partial charge in [-0.1, -0.05) is 36.4 Å². The van der Waals surface area contributed by atoms with E-state index in [2.05, 4.69) is 11.2 Å². The molecule has 0 bridgehead atoms. The molecule has 0 unspecified atom stereocenters. The molecule has 96 valence electrons. The van der Waals surface area contributed by atoms with Gasteiger partial charge in [0.15, 0.2) is 0 Å². The molecule has 0 fully saturated rings. The molecule has 2 aromatic carbocycles. The van der Waals surface area contributed by atoms with Crippen molar-refractivity contribution >= 4 is 0 Å². The number of hydrogen-bond donors (Lipinski definition) is 0. The molecule has 3 rings (SSSR count). The van der Waals surface area contributed by atoms with Crippen LogP contribution in [-0.4, -0.2) is 9.78 Å². The molecule has 0 radical (unpaired) electrons. The maximum atomic E-state index is 9.20. The van der Waals surface area contributed by atoms with Crippen LogP contribution in [0.1, 0.15) is 11.1 Å². The molecule has 3 nitrogen and oxygen atoms in total. The molecule has 0 spiro atoms. The lowest BCUT2D eigenvalue weighted by atomic mass is 10.1. The van der Waals surface area contributed by atoms with E-state index in [1.807, 2.05) is 67.8 Å². The molecule has 0 aliphatic carbocycles. The molecule has 3 aromatic rings. The first-order chi connectivity index (χ1) is 9.78. The Morgan fingerprint density at radius 3 is 2.60 bits per heavy atom. The summed E-state index contributed by atoms with van der Waals surface area (Å²) >= 11 is 0. The van der Waals surface area contributed by atoms with E-state index in [-0.39, 0.29) is 0 Å². The highest BCUT2D eigenvalue weighted by Crippen LogP contribution is 2.21. The fourth-order valence-corrected chi connectivity index (χ4v) is 2.16. The van der Waals surface area contributed by atoms with Gasteiger partial charge in [-0.05, 0) is 30.2 Å². The summed E-state index contributed by atoms with van der Waals surface area (Å²) in [5.74, 6) is 0. The standard InChI is InChI=1S/C17H13N3/c1-13-7-8-15(10-18)17(9-13)20-12-16(11-19-20)14-5-3-2-4-6-14/h2-9,11-12H,1H3. The van der Waals surface area contributed by atoms with Gasteiger partial charge in [0.1, 0.15) is 6.07 Å².